The van der Waals surface area contributed by atoms with Gasteiger partial charge in [0.25, 0.3) is 11.8 Å². The monoisotopic (exact) mass is 407 g/mol. The molecule has 2 aromatic rings. The third-order valence-electron chi connectivity index (χ3n) is 3.57. The molecule has 0 spiro atoms. The van der Waals surface area contributed by atoms with Crippen LogP contribution >= 0.6 is 15.9 Å². The standard InChI is InChI=1S/C18H9BrF3NO2/c19-13-9-11(8-12(10-13)18(20,21)22)4-3-7-23-16(24)14-5-1-2-6-15(14)17(23)25/h1-2,5-6,8-10H,7H2. The first kappa shape index (κ1) is 17.2. The van der Waals surface area contributed by atoms with Gasteiger partial charge in [0.15, 0.2) is 0 Å². The number of amides is 2. The van der Waals surface area contributed by atoms with Gasteiger partial charge in [-0.2, -0.15) is 13.2 Å². The Balaban J connectivity index is 1.82. The number of carbonyl (C=O) groups is 2. The molecule has 0 fully saturated rings. The number of carbonyl (C=O) groups excluding carboxylic acids is 2. The van der Waals surface area contributed by atoms with E-state index in [1.807, 2.05) is 0 Å². The summed E-state index contributed by atoms with van der Waals surface area (Å²) in [6, 6.07) is 9.71. The number of rotatable bonds is 1. The highest BCUT2D eigenvalue weighted by molar-refractivity contribution is 9.10. The van der Waals surface area contributed by atoms with Crippen LogP contribution in [0.2, 0.25) is 0 Å². The normalized spacial score (nSPS) is 13.5. The van der Waals surface area contributed by atoms with Crippen molar-refractivity contribution in [2.45, 2.75) is 6.18 Å². The van der Waals surface area contributed by atoms with Gasteiger partial charge in [-0.05, 0) is 30.3 Å². The maximum absolute atomic E-state index is 12.8. The molecule has 0 aliphatic carbocycles. The fraction of sp³-hybridized carbons (Fsp3) is 0.111. The Morgan fingerprint density at radius 3 is 2.16 bits per heavy atom. The van der Waals surface area contributed by atoms with Crippen molar-refractivity contribution in [2.75, 3.05) is 6.54 Å². The lowest BCUT2D eigenvalue weighted by molar-refractivity contribution is -0.137. The van der Waals surface area contributed by atoms with Crippen molar-refractivity contribution < 1.29 is 22.8 Å². The highest BCUT2D eigenvalue weighted by Crippen LogP contribution is 2.31. The van der Waals surface area contributed by atoms with Gasteiger partial charge in [0.1, 0.15) is 0 Å². The van der Waals surface area contributed by atoms with Gasteiger partial charge in [0.05, 0.1) is 23.2 Å². The quantitative estimate of drug-likeness (QED) is 0.526. The molecule has 2 aromatic carbocycles. The van der Waals surface area contributed by atoms with Crippen LogP contribution < -0.4 is 0 Å². The Hall–Kier alpha value is -2.59. The van der Waals surface area contributed by atoms with E-state index in [9.17, 15) is 22.8 Å². The van der Waals surface area contributed by atoms with E-state index >= 15 is 0 Å². The largest absolute Gasteiger partial charge is 0.416 e. The molecular formula is C18H9BrF3NO2. The zero-order valence-electron chi connectivity index (χ0n) is 12.5. The van der Waals surface area contributed by atoms with Gasteiger partial charge in [-0.1, -0.05) is 39.9 Å². The minimum atomic E-state index is -4.48. The molecule has 0 N–H and O–H groups in total. The molecule has 3 rings (SSSR count). The van der Waals surface area contributed by atoms with Gasteiger partial charge < -0.3 is 0 Å². The SMILES string of the molecule is O=C1c2ccccc2C(=O)N1CC#Cc1cc(Br)cc(C(F)(F)F)c1. The van der Waals surface area contributed by atoms with Crippen molar-refractivity contribution in [3.8, 4) is 11.8 Å². The number of hydrogen-bond acceptors (Lipinski definition) is 2. The van der Waals surface area contributed by atoms with Gasteiger partial charge in [0.2, 0.25) is 0 Å². The average molecular weight is 408 g/mol. The van der Waals surface area contributed by atoms with E-state index in [-0.39, 0.29) is 16.6 Å². The van der Waals surface area contributed by atoms with E-state index in [2.05, 4.69) is 27.8 Å². The van der Waals surface area contributed by atoms with Crippen molar-refractivity contribution in [3.05, 3.63) is 69.2 Å². The fourth-order valence-corrected chi connectivity index (χ4v) is 2.92. The van der Waals surface area contributed by atoms with Crippen molar-refractivity contribution in [2.24, 2.45) is 0 Å². The van der Waals surface area contributed by atoms with E-state index in [1.54, 1.807) is 24.3 Å². The topological polar surface area (TPSA) is 37.4 Å². The van der Waals surface area contributed by atoms with Gasteiger partial charge in [-0.3, -0.25) is 14.5 Å². The molecule has 2 amide bonds. The van der Waals surface area contributed by atoms with Crippen molar-refractivity contribution in [1.29, 1.82) is 0 Å². The summed E-state index contributed by atoms with van der Waals surface area (Å²) in [5.74, 6) is 4.24. The second-order valence-corrected chi connectivity index (χ2v) is 6.19. The van der Waals surface area contributed by atoms with Crippen LogP contribution in [0.25, 0.3) is 0 Å². The van der Waals surface area contributed by atoms with Crippen LogP contribution in [0, 0.1) is 11.8 Å². The molecule has 0 saturated carbocycles. The molecule has 7 heteroatoms. The van der Waals surface area contributed by atoms with Crippen LogP contribution in [0.15, 0.2) is 46.9 Å². The highest BCUT2D eigenvalue weighted by atomic mass is 79.9. The molecular weight excluding hydrogens is 399 g/mol. The van der Waals surface area contributed by atoms with E-state index in [4.69, 9.17) is 0 Å². The predicted octanol–water partition coefficient (Wildman–Crippen LogP) is 4.12. The Bertz CT molecular complexity index is 906. The summed E-state index contributed by atoms with van der Waals surface area (Å²) in [7, 11) is 0. The number of nitrogens with zero attached hydrogens (tertiary/aromatic N) is 1. The zero-order chi connectivity index (χ0) is 18.2. The average Bonchev–Trinajstić information content (AvgIpc) is 2.79. The number of imide groups is 1. The summed E-state index contributed by atoms with van der Waals surface area (Å²) >= 11 is 3.02. The zero-order valence-corrected chi connectivity index (χ0v) is 14.1. The fourth-order valence-electron chi connectivity index (χ4n) is 2.43. The van der Waals surface area contributed by atoms with E-state index in [0.717, 1.165) is 17.0 Å². The summed E-state index contributed by atoms with van der Waals surface area (Å²) in [6.07, 6.45) is -4.48. The highest BCUT2D eigenvalue weighted by Gasteiger charge is 2.34. The summed E-state index contributed by atoms with van der Waals surface area (Å²) in [5, 5.41) is 0. The lowest BCUT2D eigenvalue weighted by Crippen LogP contribution is -2.29. The smallest absolute Gasteiger partial charge is 0.269 e. The molecule has 0 bridgehead atoms. The molecule has 126 valence electrons. The number of benzene rings is 2. The van der Waals surface area contributed by atoms with Gasteiger partial charge in [-0.25, -0.2) is 0 Å². The molecule has 1 heterocycles. The van der Waals surface area contributed by atoms with Crippen molar-refractivity contribution in [1.82, 2.24) is 4.90 Å². The molecule has 0 saturated heterocycles. The van der Waals surface area contributed by atoms with Crippen LogP contribution in [-0.4, -0.2) is 23.3 Å². The van der Waals surface area contributed by atoms with Gasteiger partial charge in [-0.15, -0.1) is 0 Å². The molecule has 1 aliphatic heterocycles. The van der Waals surface area contributed by atoms with E-state index in [1.165, 1.54) is 6.07 Å². The molecule has 25 heavy (non-hydrogen) atoms. The molecule has 1 aliphatic rings. The summed E-state index contributed by atoms with van der Waals surface area (Å²) in [4.78, 5) is 25.3. The number of fused-ring (bicyclic) bond motifs is 1. The Morgan fingerprint density at radius 1 is 1.00 bits per heavy atom. The maximum Gasteiger partial charge on any atom is 0.416 e. The van der Waals surface area contributed by atoms with Crippen molar-refractivity contribution >= 4 is 27.7 Å². The molecule has 3 nitrogen and oxygen atoms in total. The lowest BCUT2D eigenvalue weighted by Gasteiger charge is -2.09. The minimum Gasteiger partial charge on any atom is -0.269 e. The molecule has 0 aromatic heterocycles. The maximum atomic E-state index is 12.8. The Morgan fingerprint density at radius 2 is 1.60 bits per heavy atom. The number of hydrogen-bond donors (Lipinski definition) is 0. The van der Waals surface area contributed by atoms with Crippen LogP contribution in [0.4, 0.5) is 13.2 Å². The van der Waals surface area contributed by atoms with Crippen LogP contribution in [0.1, 0.15) is 31.8 Å². The molecule has 0 radical (unpaired) electrons. The first-order valence-corrected chi connectivity index (χ1v) is 7.88. The van der Waals surface area contributed by atoms with Crippen LogP contribution in [-0.2, 0) is 6.18 Å². The van der Waals surface area contributed by atoms with Crippen LogP contribution in [0.3, 0.4) is 0 Å². The summed E-state index contributed by atoms with van der Waals surface area (Å²) in [6.45, 7) is -0.194. The third-order valence-corrected chi connectivity index (χ3v) is 4.03. The second-order valence-electron chi connectivity index (χ2n) is 5.27. The first-order chi connectivity index (χ1) is 11.8. The second kappa shape index (κ2) is 6.37. The lowest BCUT2D eigenvalue weighted by atomic mass is 10.1. The molecule has 0 unspecified atom stereocenters. The third kappa shape index (κ3) is 3.44. The van der Waals surface area contributed by atoms with Gasteiger partial charge >= 0.3 is 6.18 Å². The minimum absolute atomic E-state index is 0.137. The summed E-state index contributed by atoms with van der Waals surface area (Å²) in [5.41, 5.74) is -0.0857. The van der Waals surface area contributed by atoms with E-state index in [0.29, 0.717) is 11.1 Å². The number of halogens is 4. The van der Waals surface area contributed by atoms with Gasteiger partial charge in [0, 0.05) is 10.0 Å². The van der Waals surface area contributed by atoms with Crippen molar-refractivity contribution in [3.63, 3.8) is 0 Å². The Kier molecular flexibility index (Phi) is 4.39. The Labute approximate surface area is 149 Å². The summed E-state index contributed by atoms with van der Waals surface area (Å²) < 4.78 is 38.7. The number of alkyl halides is 3. The predicted molar refractivity (Wildman–Crippen MR) is 87.8 cm³/mol. The van der Waals surface area contributed by atoms with Crippen LogP contribution in [0.5, 0.6) is 0 Å². The molecule has 0 atom stereocenters. The first-order valence-electron chi connectivity index (χ1n) is 7.09. The van der Waals surface area contributed by atoms with E-state index < -0.39 is 23.6 Å².